The molecule has 0 heterocycles. The van der Waals surface area contributed by atoms with Crippen LogP contribution in [0.2, 0.25) is 0 Å². The highest BCUT2D eigenvalue weighted by molar-refractivity contribution is 14.1. The summed E-state index contributed by atoms with van der Waals surface area (Å²) >= 11 is 1.99. The summed E-state index contributed by atoms with van der Waals surface area (Å²) in [6.07, 6.45) is -0.482. The zero-order chi connectivity index (χ0) is 14.5. The van der Waals surface area contributed by atoms with Crippen molar-refractivity contribution in [2.45, 2.75) is 26.4 Å². The van der Waals surface area contributed by atoms with Gasteiger partial charge >= 0.3 is 6.09 Å². The molecular weight excluding hydrogens is 364 g/mol. The lowest BCUT2D eigenvalue weighted by atomic mass is 10.2. The van der Waals surface area contributed by atoms with Gasteiger partial charge in [-0.1, -0.05) is 0 Å². The van der Waals surface area contributed by atoms with Gasteiger partial charge in [-0.05, 0) is 61.6 Å². The minimum absolute atomic E-state index is 0.293. The van der Waals surface area contributed by atoms with Crippen LogP contribution < -0.4 is 10.1 Å². The van der Waals surface area contributed by atoms with Crippen molar-refractivity contribution in [1.82, 2.24) is 5.32 Å². The lowest BCUT2D eigenvalue weighted by Crippen LogP contribution is -2.34. The second kappa shape index (κ2) is 6.93. The topological polar surface area (TPSA) is 47.6 Å². The van der Waals surface area contributed by atoms with E-state index < -0.39 is 11.7 Å². The van der Waals surface area contributed by atoms with E-state index in [0.717, 1.165) is 0 Å². The quantitative estimate of drug-likeness (QED) is 0.643. The molecule has 1 amide bonds. The fraction of sp³-hybridized carbons (Fsp3) is 0.462. The number of halogens is 2. The van der Waals surface area contributed by atoms with Gasteiger partial charge in [-0.2, -0.15) is 0 Å². The lowest BCUT2D eigenvalue weighted by Gasteiger charge is -2.19. The van der Waals surface area contributed by atoms with Gasteiger partial charge < -0.3 is 14.8 Å². The Hall–Kier alpha value is -1.05. The van der Waals surface area contributed by atoms with Gasteiger partial charge in [-0.3, -0.25) is 0 Å². The van der Waals surface area contributed by atoms with Crippen LogP contribution in [0.4, 0.5) is 9.18 Å². The summed E-state index contributed by atoms with van der Waals surface area (Å²) in [6, 6.07) is 4.28. The number of carbonyl (C=O) groups excluding carboxylic acids is 1. The minimum atomic E-state index is -0.517. The van der Waals surface area contributed by atoms with Crippen LogP contribution in [0.15, 0.2) is 18.2 Å². The van der Waals surface area contributed by atoms with Crippen molar-refractivity contribution in [3.05, 3.63) is 27.6 Å². The summed E-state index contributed by atoms with van der Waals surface area (Å²) in [7, 11) is 0. The first-order valence-electron chi connectivity index (χ1n) is 5.82. The van der Waals surface area contributed by atoms with Crippen LogP contribution in [0.3, 0.4) is 0 Å². The van der Waals surface area contributed by atoms with E-state index in [2.05, 4.69) is 5.32 Å². The molecule has 0 aliphatic rings. The molecule has 0 radical (unpaired) electrons. The number of alkyl carbamates (subject to hydrolysis) is 1. The summed E-state index contributed by atoms with van der Waals surface area (Å²) in [5.41, 5.74) is -0.517. The van der Waals surface area contributed by atoms with Gasteiger partial charge in [0.2, 0.25) is 0 Å². The largest absolute Gasteiger partial charge is 0.491 e. The Kier molecular flexibility index (Phi) is 5.84. The summed E-state index contributed by atoms with van der Waals surface area (Å²) in [4.78, 5) is 11.3. The smallest absolute Gasteiger partial charge is 0.407 e. The van der Waals surface area contributed by atoms with E-state index in [-0.39, 0.29) is 5.82 Å². The SMILES string of the molecule is CC(C)(C)OC(=O)NCCOc1ccc(F)cc1I. The molecule has 0 saturated heterocycles. The summed E-state index contributed by atoms with van der Waals surface area (Å²) < 4.78 is 24.1. The molecular formula is C13H17FINO3. The number of benzene rings is 1. The molecule has 1 aromatic carbocycles. The van der Waals surface area contributed by atoms with Crippen molar-refractivity contribution in [2.24, 2.45) is 0 Å². The van der Waals surface area contributed by atoms with Crippen LogP contribution in [0.25, 0.3) is 0 Å². The van der Waals surface area contributed by atoms with Gasteiger partial charge in [-0.15, -0.1) is 0 Å². The predicted molar refractivity (Wildman–Crippen MR) is 78.8 cm³/mol. The Morgan fingerprint density at radius 3 is 2.68 bits per heavy atom. The van der Waals surface area contributed by atoms with Crippen molar-refractivity contribution in [3.8, 4) is 5.75 Å². The average molecular weight is 381 g/mol. The summed E-state index contributed by atoms with van der Waals surface area (Å²) in [5, 5.41) is 2.58. The van der Waals surface area contributed by atoms with Gasteiger partial charge in [0.25, 0.3) is 0 Å². The van der Waals surface area contributed by atoms with Gasteiger partial charge in [0, 0.05) is 0 Å². The normalized spacial score (nSPS) is 11.0. The predicted octanol–water partition coefficient (Wildman–Crippen LogP) is 3.33. The minimum Gasteiger partial charge on any atom is -0.491 e. The number of nitrogens with one attached hydrogen (secondary N) is 1. The summed E-state index contributed by atoms with van der Waals surface area (Å²) in [5.74, 6) is 0.289. The van der Waals surface area contributed by atoms with E-state index in [0.29, 0.717) is 22.5 Å². The second-order valence-corrected chi connectivity index (χ2v) is 6.01. The van der Waals surface area contributed by atoms with Crippen molar-refractivity contribution < 1.29 is 18.7 Å². The van der Waals surface area contributed by atoms with Crippen LogP contribution in [0.5, 0.6) is 5.75 Å². The van der Waals surface area contributed by atoms with Crippen molar-refractivity contribution in [1.29, 1.82) is 0 Å². The van der Waals surface area contributed by atoms with Crippen LogP contribution in [0, 0.1) is 9.39 Å². The highest BCUT2D eigenvalue weighted by Gasteiger charge is 2.15. The fourth-order valence-corrected chi connectivity index (χ4v) is 1.85. The van der Waals surface area contributed by atoms with E-state index in [9.17, 15) is 9.18 Å². The number of ether oxygens (including phenoxy) is 2. The Morgan fingerprint density at radius 1 is 1.42 bits per heavy atom. The van der Waals surface area contributed by atoms with Gasteiger partial charge in [0.1, 0.15) is 23.8 Å². The monoisotopic (exact) mass is 381 g/mol. The Morgan fingerprint density at radius 2 is 2.11 bits per heavy atom. The van der Waals surface area contributed by atoms with E-state index >= 15 is 0 Å². The zero-order valence-corrected chi connectivity index (χ0v) is 13.3. The lowest BCUT2D eigenvalue weighted by molar-refractivity contribution is 0.0520. The first kappa shape index (κ1) is 16.0. The molecule has 0 saturated carbocycles. The standard InChI is InChI=1S/C13H17FINO3/c1-13(2,3)19-12(17)16-6-7-18-11-5-4-9(14)8-10(11)15/h4-5,8H,6-7H2,1-3H3,(H,16,17). The van der Waals surface area contributed by atoms with Gasteiger partial charge in [0.05, 0.1) is 10.1 Å². The fourth-order valence-electron chi connectivity index (χ4n) is 1.22. The maximum atomic E-state index is 12.9. The number of amides is 1. The Bertz CT molecular complexity index is 446. The molecule has 19 heavy (non-hydrogen) atoms. The van der Waals surface area contributed by atoms with E-state index in [1.165, 1.54) is 12.1 Å². The molecule has 0 bridgehead atoms. The molecule has 0 fully saturated rings. The van der Waals surface area contributed by atoms with Crippen LogP contribution >= 0.6 is 22.6 Å². The zero-order valence-electron chi connectivity index (χ0n) is 11.1. The second-order valence-electron chi connectivity index (χ2n) is 4.85. The molecule has 6 heteroatoms. The molecule has 0 spiro atoms. The third kappa shape index (κ3) is 6.60. The molecule has 1 aromatic rings. The molecule has 4 nitrogen and oxygen atoms in total. The maximum Gasteiger partial charge on any atom is 0.407 e. The van der Waals surface area contributed by atoms with E-state index in [4.69, 9.17) is 9.47 Å². The van der Waals surface area contributed by atoms with E-state index in [1.54, 1.807) is 26.8 Å². The van der Waals surface area contributed by atoms with Crippen molar-refractivity contribution in [2.75, 3.05) is 13.2 Å². The number of carbonyl (C=O) groups is 1. The summed E-state index contributed by atoms with van der Waals surface area (Å²) in [6.45, 7) is 6.00. The number of hydrogen-bond donors (Lipinski definition) is 1. The third-order valence-corrected chi connectivity index (χ3v) is 2.76. The van der Waals surface area contributed by atoms with Gasteiger partial charge in [0.15, 0.2) is 0 Å². The first-order valence-corrected chi connectivity index (χ1v) is 6.90. The molecule has 1 N–H and O–H groups in total. The van der Waals surface area contributed by atoms with Gasteiger partial charge in [-0.25, -0.2) is 9.18 Å². The van der Waals surface area contributed by atoms with Crippen LogP contribution in [-0.2, 0) is 4.74 Å². The molecule has 0 atom stereocenters. The molecule has 106 valence electrons. The highest BCUT2D eigenvalue weighted by atomic mass is 127. The molecule has 0 aliphatic carbocycles. The number of hydrogen-bond acceptors (Lipinski definition) is 3. The number of rotatable bonds is 4. The Labute approximate surface area is 125 Å². The van der Waals surface area contributed by atoms with Crippen molar-refractivity contribution >= 4 is 28.7 Å². The highest BCUT2D eigenvalue weighted by Crippen LogP contribution is 2.21. The van der Waals surface area contributed by atoms with Crippen LogP contribution in [0.1, 0.15) is 20.8 Å². The maximum absolute atomic E-state index is 12.9. The van der Waals surface area contributed by atoms with Crippen molar-refractivity contribution in [3.63, 3.8) is 0 Å². The molecule has 0 aliphatic heterocycles. The average Bonchev–Trinajstić information content (AvgIpc) is 2.24. The molecule has 0 unspecified atom stereocenters. The van der Waals surface area contributed by atoms with Crippen LogP contribution in [-0.4, -0.2) is 24.8 Å². The van der Waals surface area contributed by atoms with E-state index in [1.807, 2.05) is 22.6 Å². The molecule has 1 rings (SSSR count). The molecule has 0 aromatic heterocycles. The first-order chi connectivity index (χ1) is 8.78. The third-order valence-electron chi connectivity index (χ3n) is 1.92. The Balaban J connectivity index is 2.29.